The molecule has 0 unspecified atom stereocenters. The van der Waals surface area contributed by atoms with Gasteiger partial charge in [0.05, 0.1) is 0 Å². The Morgan fingerprint density at radius 3 is 2.41 bits per heavy atom. The summed E-state index contributed by atoms with van der Waals surface area (Å²) in [5, 5.41) is 20.9. The van der Waals surface area contributed by atoms with Crippen LogP contribution >= 0.6 is 0 Å². The zero-order valence-corrected chi connectivity index (χ0v) is 14.0. The van der Waals surface area contributed by atoms with Crippen LogP contribution in [-0.4, -0.2) is 10.2 Å². The Hall–Kier alpha value is -1.70. The van der Waals surface area contributed by atoms with E-state index in [1.807, 2.05) is 19.1 Å². The van der Waals surface area contributed by atoms with Gasteiger partial charge in [-0.15, -0.1) is 0 Å². The van der Waals surface area contributed by atoms with E-state index in [0.29, 0.717) is 5.56 Å². The first-order valence-electron chi connectivity index (χ1n) is 8.31. The largest absolute Gasteiger partial charge is 0.507 e. The van der Waals surface area contributed by atoms with E-state index in [1.54, 1.807) is 0 Å². The molecule has 1 aromatic rings. The molecule has 1 aliphatic rings. The first kappa shape index (κ1) is 16.7. The fourth-order valence-electron chi connectivity index (χ4n) is 3.47. The van der Waals surface area contributed by atoms with Crippen LogP contribution in [0.2, 0.25) is 0 Å². The number of allylic oxidation sites excluding steroid dienone is 3. The highest BCUT2D eigenvalue weighted by Crippen LogP contribution is 2.47. The highest BCUT2D eigenvalue weighted by Gasteiger charge is 2.31. The molecule has 2 atom stereocenters. The number of hydrogen-bond acceptors (Lipinski definition) is 2. The minimum absolute atomic E-state index is 0.0298. The molecule has 2 N–H and O–H groups in total. The molecule has 0 amide bonds. The first-order valence-corrected chi connectivity index (χ1v) is 8.31. The molecule has 0 aliphatic heterocycles. The highest BCUT2D eigenvalue weighted by atomic mass is 16.3. The lowest BCUT2D eigenvalue weighted by molar-refractivity contribution is 0.422. The lowest BCUT2D eigenvalue weighted by Crippen LogP contribution is -2.08. The summed E-state index contributed by atoms with van der Waals surface area (Å²) in [6, 6.07) is 3.64. The van der Waals surface area contributed by atoms with Crippen LogP contribution in [0, 0.1) is 5.92 Å². The summed E-state index contributed by atoms with van der Waals surface area (Å²) in [7, 11) is 0. The molecular formula is C20H28O2. The molecule has 0 aromatic heterocycles. The van der Waals surface area contributed by atoms with E-state index < -0.39 is 0 Å². The van der Waals surface area contributed by atoms with Crippen LogP contribution in [-0.2, 0) is 6.42 Å². The Bertz CT molecular complexity index is 560. The molecule has 1 aliphatic carbocycles. The molecule has 22 heavy (non-hydrogen) atoms. The van der Waals surface area contributed by atoms with Gasteiger partial charge in [-0.3, -0.25) is 0 Å². The molecule has 1 aromatic carbocycles. The van der Waals surface area contributed by atoms with E-state index in [0.717, 1.165) is 30.4 Å². The van der Waals surface area contributed by atoms with Gasteiger partial charge in [0.25, 0.3) is 0 Å². The topological polar surface area (TPSA) is 40.5 Å². The van der Waals surface area contributed by atoms with E-state index in [4.69, 9.17) is 0 Å². The van der Waals surface area contributed by atoms with Gasteiger partial charge in [-0.25, -0.2) is 0 Å². The van der Waals surface area contributed by atoms with Crippen molar-refractivity contribution in [1.29, 1.82) is 0 Å². The second-order valence-electron chi connectivity index (χ2n) is 6.70. The highest BCUT2D eigenvalue weighted by molar-refractivity contribution is 5.52. The van der Waals surface area contributed by atoms with Crippen molar-refractivity contribution in [3.8, 4) is 11.5 Å². The first-order chi connectivity index (χ1) is 10.4. The molecule has 0 heterocycles. The van der Waals surface area contributed by atoms with Crippen molar-refractivity contribution in [2.75, 3.05) is 0 Å². The molecule has 0 fully saturated rings. The van der Waals surface area contributed by atoms with Crippen LogP contribution < -0.4 is 0 Å². The van der Waals surface area contributed by atoms with E-state index >= 15 is 0 Å². The fourth-order valence-corrected chi connectivity index (χ4v) is 3.47. The summed E-state index contributed by atoms with van der Waals surface area (Å²) < 4.78 is 0. The van der Waals surface area contributed by atoms with Crippen molar-refractivity contribution in [1.82, 2.24) is 0 Å². The number of aryl methyl sites for hydroxylation is 1. The van der Waals surface area contributed by atoms with E-state index in [9.17, 15) is 10.2 Å². The number of rotatable bonds is 6. The molecule has 0 bridgehead atoms. The van der Waals surface area contributed by atoms with Crippen LogP contribution in [0.15, 0.2) is 35.9 Å². The molecule has 120 valence electrons. The average Bonchev–Trinajstić information content (AvgIpc) is 2.80. The summed E-state index contributed by atoms with van der Waals surface area (Å²) in [4.78, 5) is 0. The van der Waals surface area contributed by atoms with Gasteiger partial charge in [-0.05, 0) is 56.7 Å². The van der Waals surface area contributed by atoms with Crippen molar-refractivity contribution >= 4 is 0 Å². The standard InChI is InChI=1S/C20H28O2/c1-5-6-7-8-15-11-18(21)20(19(22)12-15)17-10-14(4)9-16(17)13(2)3/h10-12,16-17,21-22H,2,5-9H2,1,3-4H3/t16-,17+/m1/s1. The van der Waals surface area contributed by atoms with Crippen molar-refractivity contribution in [3.63, 3.8) is 0 Å². The van der Waals surface area contributed by atoms with Gasteiger partial charge in [-0.2, -0.15) is 0 Å². The zero-order valence-electron chi connectivity index (χ0n) is 14.0. The number of unbranched alkanes of at least 4 members (excludes halogenated alkanes) is 2. The molecule has 2 heteroatoms. The average molecular weight is 300 g/mol. The Kier molecular flexibility index (Phi) is 5.33. The van der Waals surface area contributed by atoms with Crippen molar-refractivity contribution < 1.29 is 10.2 Å². The number of hydrogen-bond donors (Lipinski definition) is 2. The molecule has 2 nitrogen and oxygen atoms in total. The Morgan fingerprint density at radius 2 is 1.86 bits per heavy atom. The molecule has 0 radical (unpaired) electrons. The monoisotopic (exact) mass is 300 g/mol. The fraction of sp³-hybridized carbons (Fsp3) is 0.500. The number of phenolic OH excluding ortho intramolecular Hbond substituents is 2. The lowest BCUT2D eigenvalue weighted by atomic mass is 9.83. The maximum atomic E-state index is 10.5. The number of aromatic hydroxyl groups is 2. The molecular weight excluding hydrogens is 272 g/mol. The van der Waals surface area contributed by atoms with Crippen LogP contribution in [0.25, 0.3) is 0 Å². The van der Waals surface area contributed by atoms with Gasteiger partial charge in [0, 0.05) is 11.5 Å². The minimum atomic E-state index is 0.0298. The van der Waals surface area contributed by atoms with Crippen LogP contribution in [0.4, 0.5) is 0 Å². The maximum Gasteiger partial charge on any atom is 0.123 e. The van der Waals surface area contributed by atoms with Crippen LogP contribution in [0.3, 0.4) is 0 Å². The lowest BCUT2D eigenvalue weighted by Gasteiger charge is -2.22. The smallest absolute Gasteiger partial charge is 0.123 e. The van der Waals surface area contributed by atoms with E-state index in [2.05, 4.69) is 26.5 Å². The maximum absolute atomic E-state index is 10.5. The molecule has 2 rings (SSSR count). The second-order valence-corrected chi connectivity index (χ2v) is 6.70. The molecule has 0 spiro atoms. The summed E-state index contributed by atoms with van der Waals surface area (Å²) in [5.41, 5.74) is 4.06. The minimum Gasteiger partial charge on any atom is -0.507 e. The van der Waals surface area contributed by atoms with E-state index in [1.165, 1.54) is 18.4 Å². The van der Waals surface area contributed by atoms with Gasteiger partial charge < -0.3 is 10.2 Å². The van der Waals surface area contributed by atoms with E-state index in [-0.39, 0.29) is 23.3 Å². The second kappa shape index (κ2) is 7.04. The van der Waals surface area contributed by atoms with Gasteiger partial charge in [0.1, 0.15) is 11.5 Å². The van der Waals surface area contributed by atoms with Gasteiger partial charge in [0.15, 0.2) is 0 Å². The Morgan fingerprint density at radius 1 is 1.23 bits per heavy atom. The van der Waals surface area contributed by atoms with Crippen molar-refractivity contribution in [2.24, 2.45) is 5.92 Å². The normalized spacial score (nSPS) is 21.0. The van der Waals surface area contributed by atoms with Gasteiger partial charge in [-0.1, -0.05) is 43.6 Å². The quantitative estimate of drug-likeness (QED) is 0.541. The molecule has 0 saturated carbocycles. The van der Waals surface area contributed by atoms with Crippen molar-refractivity contribution in [3.05, 3.63) is 47.1 Å². The summed E-state index contributed by atoms with van der Waals surface area (Å²) >= 11 is 0. The third kappa shape index (κ3) is 3.55. The van der Waals surface area contributed by atoms with Crippen LogP contribution in [0.1, 0.15) is 63.5 Å². The Balaban J connectivity index is 2.29. The summed E-state index contributed by atoms with van der Waals surface area (Å²) in [6.45, 7) is 10.4. The third-order valence-electron chi connectivity index (χ3n) is 4.67. The number of benzene rings is 1. The third-order valence-corrected chi connectivity index (χ3v) is 4.67. The predicted octanol–water partition coefficient (Wildman–Crippen LogP) is 5.46. The predicted molar refractivity (Wildman–Crippen MR) is 92.4 cm³/mol. The molecule has 0 saturated heterocycles. The van der Waals surface area contributed by atoms with Crippen molar-refractivity contribution in [2.45, 2.75) is 58.8 Å². The number of phenols is 2. The van der Waals surface area contributed by atoms with Gasteiger partial charge >= 0.3 is 0 Å². The van der Waals surface area contributed by atoms with Gasteiger partial charge in [0.2, 0.25) is 0 Å². The SMILES string of the molecule is C=C(C)[C@H]1CC(C)=C[C@@H]1c1c(O)cc(CCCCC)cc1O. The summed E-state index contributed by atoms with van der Waals surface area (Å²) in [6.07, 6.45) is 7.44. The zero-order chi connectivity index (χ0) is 16.3. The Labute approximate surface area is 134 Å². The summed E-state index contributed by atoms with van der Waals surface area (Å²) in [5.74, 6) is 0.729. The van der Waals surface area contributed by atoms with Crippen LogP contribution in [0.5, 0.6) is 11.5 Å².